The van der Waals surface area contributed by atoms with Crippen molar-refractivity contribution < 1.29 is 33.9 Å². The number of amides is 2. The van der Waals surface area contributed by atoms with E-state index in [1.807, 2.05) is 0 Å². The number of hydrogen-bond donors (Lipinski definition) is 3. The van der Waals surface area contributed by atoms with Gasteiger partial charge >= 0.3 is 11.9 Å². The lowest BCUT2D eigenvalue weighted by atomic mass is 9.98. The van der Waals surface area contributed by atoms with Gasteiger partial charge in [-0.25, -0.2) is 14.8 Å². The smallest absolute Gasteiger partial charge is 0.357 e. The maximum atomic E-state index is 13.2. The number of esters is 2. The van der Waals surface area contributed by atoms with E-state index in [9.17, 15) is 24.4 Å². The Hall–Kier alpha value is -3.22. The molecule has 2 amide bonds. The molecule has 4 N–H and O–H groups in total. The number of fused-ring (bicyclic) bond motifs is 1. The van der Waals surface area contributed by atoms with Gasteiger partial charge in [0, 0.05) is 16.9 Å². The van der Waals surface area contributed by atoms with Crippen LogP contribution in [0.5, 0.6) is 0 Å². The summed E-state index contributed by atoms with van der Waals surface area (Å²) in [4.78, 5) is 60.5. The second-order valence-electron chi connectivity index (χ2n) is 9.06. The largest absolute Gasteiger partial charge is 0.427 e. The number of thioether (sulfide) groups is 2. The summed E-state index contributed by atoms with van der Waals surface area (Å²) in [7, 11) is 0. The molecule has 0 aromatic carbocycles. The monoisotopic (exact) mass is 613 g/mol. The Labute approximate surface area is 238 Å². The molecule has 18 heteroatoms. The normalized spacial score (nSPS) is 19.3. The molecule has 14 nitrogen and oxygen atoms in total. The summed E-state index contributed by atoms with van der Waals surface area (Å²) >= 11 is 4.94. The number of nitrogen functional groups attached to an aromatic ring is 1. The number of anilines is 1. The van der Waals surface area contributed by atoms with Gasteiger partial charge in [0.2, 0.25) is 6.79 Å². The average Bonchev–Trinajstić information content (AvgIpc) is 3.57. The Morgan fingerprint density at radius 1 is 1.33 bits per heavy atom. The maximum absolute atomic E-state index is 13.2. The van der Waals surface area contributed by atoms with Crippen molar-refractivity contribution in [2.45, 2.75) is 36.5 Å². The molecule has 0 saturated carbocycles. The molecule has 39 heavy (non-hydrogen) atoms. The van der Waals surface area contributed by atoms with Gasteiger partial charge in [-0.1, -0.05) is 16.9 Å². The molecule has 1 saturated heterocycles. The zero-order valence-corrected chi connectivity index (χ0v) is 24.0. The fourth-order valence-corrected chi connectivity index (χ4v) is 6.88. The first-order valence-electron chi connectivity index (χ1n) is 11.2. The quantitative estimate of drug-likeness (QED) is 0.0696. The molecule has 1 unspecified atom stereocenters. The highest BCUT2D eigenvalue weighted by molar-refractivity contribution is 8.01. The number of thiazole rings is 1. The van der Waals surface area contributed by atoms with Gasteiger partial charge in [0.25, 0.3) is 11.8 Å². The van der Waals surface area contributed by atoms with Crippen LogP contribution in [-0.2, 0) is 28.7 Å². The van der Waals surface area contributed by atoms with E-state index in [0.717, 1.165) is 11.3 Å². The summed E-state index contributed by atoms with van der Waals surface area (Å²) < 4.78 is 14.9. The van der Waals surface area contributed by atoms with E-state index in [1.165, 1.54) is 51.7 Å². The first kappa shape index (κ1) is 28.8. The summed E-state index contributed by atoms with van der Waals surface area (Å²) in [6.07, 6.45) is 1.42. The minimum Gasteiger partial charge on any atom is -0.427 e. The van der Waals surface area contributed by atoms with Gasteiger partial charge in [-0.15, -0.1) is 23.1 Å². The predicted molar refractivity (Wildman–Crippen MR) is 144 cm³/mol. The maximum Gasteiger partial charge on any atom is 0.357 e. The number of nitrogens with two attached hydrogens (primary N) is 1. The SMILES string of the molecule is CC(C)(C)C(=O)OCOC(=O)C1=C(CSc2ncns2)CS[C@H]2C(NC(=O)C(=NO)c3csc(N)n3)C(=O)N12. The second-order valence-corrected chi connectivity index (χ2v) is 13.1. The van der Waals surface area contributed by atoms with Crippen molar-refractivity contribution in [1.29, 1.82) is 0 Å². The first-order valence-corrected chi connectivity index (χ1v) is 14.8. The van der Waals surface area contributed by atoms with Crippen LogP contribution in [0.15, 0.2) is 32.5 Å². The van der Waals surface area contributed by atoms with Gasteiger partial charge in [0.05, 0.1) is 5.41 Å². The minimum atomic E-state index is -1.01. The van der Waals surface area contributed by atoms with Crippen molar-refractivity contribution >= 4 is 81.0 Å². The Kier molecular flexibility index (Phi) is 8.77. The van der Waals surface area contributed by atoms with Crippen LogP contribution in [0.1, 0.15) is 26.5 Å². The Morgan fingerprint density at radius 2 is 2.10 bits per heavy atom. The molecule has 0 radical (unpaired) electrons. The third-order valence-corrected chi connectivity index (χ3v) is 9.21. The summed E-state index contributed by atoms with van der Waals surface area (Å²) in [6, 6.07) is -1.01. The number of carbonyl (C=O) groups excluding carboxylic acids is 4. The van der Waals surface area contributed by atoms with Crippen molar-refractivity contribution in [3.8, 4) is 0 Å². The van der Waals surface area contributed by atoms with Crippen LogP contribution in [0.4, 0.5) is 5.13 Å². The zero-order valence-electron chi connectivity index (χ0n) is 20.8. The lowest BCUT2D eigenvalue weighted by Gasteiger charge is -2.49. The molecule has 208 valence electrons. The molecular formula is C21H23N7O7S4. The number of nitrogens with zero attached hydrogens (tertiary/aromatic N) is 5. The van der Waals surface area contributed by atoms with Crippen LogP contribution in [0.25, 0.3) is 0 Å². The highest BCUT2D eigenvalue weighted by Gasteiger charge is 2.54. The highest BCUT2D eigenvalue weighted by atomic mass is 32.2. The van der Waals surface area contributed by atoms with Crippen molar-refractivity contribution in [2.24, 2.45) is 10.6 Å². The molecule has 0 aliphatic carbocycles. The third kappa shape index (κ3) is 6.34. The van der Waals surface area contributed by atoms with Gasteiger partial charge in [-0.3, -0.25) is 19.3 Å². The number of ether oxygens (including phenoxy) is 2. The zero-order chi connectivity index (χ0) is 28.3. The van der Waals surface area contributed by atoms with E-state index in [2.05, 4.69) is 24.8 Å². The lowest BCUT2D eigenvalue weighted by molar-refractivity contribution is -0.173. The molecule has 2 aliphatic rings. The Balaban J connectivity index is 1.49. The fourth-order valence-electron chi connectivity index (χ4n) is 3.40. The van der Waals surface area contributed by atoms with Crippen LogP contribution >= 0.6 is 46.4 Å². The van der Waals surface area contributed by atoms with Crippen molar-refractivity contribution in [2.75, 3.05) is 24.0 Å². The molecule has 4 heterocycles. The van der Waals surface area contributed by atoms with Gasteiger partial charge in [-0.2, -0.15) is 4.37 Å². The topological polar surface area (TPSA) is 199 Å². The van der Waals surface area contributed by atoms with Gasteiger partial charge < -0.3 is 25.7 Å². The average molecular weight is 614 g/mol. The van der Waals surface area contributed by atoms with Crippen molar-refractivity contribution in [3.63, 3.8) is 0 Å². The van der Waals surface area contributed by atoms with Crippen LogP contribution in [-0.4, -0.2) is 83.6 Å². The van der Waals surface area contributed by atoms with E-state index >= 15 is 0 Å². The Bertz CT molecular complexity index is 1340. The number of carbonyl (C=O) groups is 4. The van der Waals surface area contributed by atoms with E-state index < -0.39 is 53.1 Å². The molecule has 2 atom stereocenters. The van der Waals surface area contributed by atoms with E-state index in [-0.39, 0.29) is 16.5 Å². The van der Waals surface area contributed by atoms with Crippen molar-refractivity contribution in [3.05, 3.63) is 28.7 Å². The highest BCUT2D eigenvalue weighted by Crippen LogP contribution is 2.42. The van der Waals surface area contributed by atoms with Gasteiger partial charge in [-0.05, 0) is 37.9 Å². The second kappa shape index (κ2) is 11.9. The third-order valence-electron chi connectivity index (χ3n) is 5.31. The molecule has 2 aromatic rings. The summed E-state index contributed by atoms with van der Waals surface area (Å²) in [5.41, 5.74) is 5.08. The fraction of sp³-hybridized carbons (Fsp3) is 0.429. The number of aromatic nitrogens is 3. The molecular weight excluding hydrogens is 591 g/mol. The first-order chi connectivity index (χ1) is 18.5. The summed E-state index contributed by atoms with van der Waals surface area (Å²) in [5.74, 6) is -2.12. The van der Waals surface area contributed by atoms with E-state index in [4.69, 9.17) is 15.2 Å². The standard InChI is InChI=1S/C21H23N7O7S4/c1-21(2,3)18(32)35-8-34-17(31)13-9(5-38-20-23-7-24-39-20)4-36-16-12(15(30)28(13)16)26-14(29)11(27-33)10-6-37-19(22)25-10/h6-7,12,16,33H,4-5,8H2,1-3H3,(H2,22,25)(H,26,29)/t12?,16-/m0/s1. The molecule has 2 aliphatic heterocycles. The van der Waals surface area contributed by atoms with Crippen LogP contribution in [0.2, 0.25) is 0 Å². The van der Waals surface area contributed by atoms with Crippen LogP contribution in [0.3, 0.4) is 0 Å². The molecule has 1 fully saturated rings. The Morgan fingerprint density at radius 3 is 2.72 bits per heavy atom. The van der Waals surface area contributed by atoms with E-state index in [1.54, 1.807) is 20.8 Å². The predicted octanol–water partition coefficient (Wildman–Crippen LogP) is 1.29. The minimum absolute atomic E-state index is 0.0152. The van der Waals surface area contributed by atoms with Crippen molar-refractivity contribution in [1.82, 2.24) is 24.6 Å². The van der Waals surface area contributed by atoms with E-state index in [0.29, 0.717) is 21.4 Å². The molecule has 4 rings (SSSR count). The molecule has 2 aromatic heterocycles. The number of hydrogen-bond acceptors (Lipinski definition) is 16. The molecule has 0 spiro atoms. The van der Waals surface area contributed by atoms with Crippen LogP contribution in [0, 0.1) is 5.41 Å². The lowest BCUT2D eigenvalue weighted by Crippen LogP contribution is -2.71. The number of nitrogens with one attached hydrogen (secondary N) is 1. The summed E-state index contributed by atoms with van der Waals surface area (Å²) in [6.45, 7) is 4.36. The number of rotatable bonds is 9. The van der Waals surface area contributed by atoms with Gasteiger partial charge in [0.15, 0.2) is 15.2 Å². The van der Waals surface area contributed by atoms with Gasteiger partial charge in [0.1, 0.15) is 29.1 Å². The number of oxime groups is 1. The summed E-state index contributed by atoms with van der Waals surface area (Å²) in [5, 5.41) is 15.9. The number of β-lactam (4-membered cyclic amide) rings is 1. The van der Waals surface area contributed by atoms with Crippen LogP contribution < -0.4 is 11.1 Å². The molecule has 0 bridgehead atoms.